The molecule has 1 aromatic heterocycles. The Morgan fingerprint density at radius 1 is 1.24 bits per heavy atom. The fraction of sp³-hybridized carbons (Fsp3) is 0.444. The van der Waals surface area contributed by atoms with E-state index in [0.717, 1.165) is 6.07 Å². The summed E-state index contributed by atoms with van der Waals surface area (Å²) in [4.78, 5) is 25.0. The Hall–Kier alpha value is -3.24. The molecule has 1 unspecified atom stereocenters. The number of ether oxygens (including phenoxy) is 1. The zero-order valence-corrected chi connectivity index (χ0v) is 22.1. The molecule has 0 bridgehead atoms. The molecule has 0 spiro atoms. The lowest BCUT2D eigenvalue weighted by molar-refractivity contribution is -0.137. The SMILES string of the molecule is CO[C@]1(C)C(=O)N(C)c2cc3c(NCc4cccc(C(F)(F)C(C)CN(C)C)c4F)nc(C)nc3cc21. The minimum atomic E-state index is -3.34. The van der Waals surface area contributed by atoms with E-state index in [0.29, 0.717) is 33.8 Å². The number of nitrogens with zero attached hydrogens (tertiary/aromatic N) is 4. The lowest BCUT2D eigenvalue weighted by Gasteiger charge is -2.27. The van der Waals surface area contributed by atoms with E-state index >= 15 is 13.2 Å². The molecule has 4 rings (SSSR count). The van der Waals surface area contributed by atoms with Crippen LogP contribution in [0.25, 0.3) is 10.9 Å². The van der Waals surface area contributed by atoms with E-state index in [4.69, 9.17) is 4.74 Å². The number of carbonyl (C=O) groups is 1. The highest BCUT2D eigenvalue weighted by Gasteiger charge is 2.47. The van der Waals surface area contributed by atoms with Gasteiger partial charge in [-0.1, -0.05) is 25.1 Å². The van der Waals surface area contributed by atoms with Crippen LogP contribution in [0.3, 0.4) is 0 Å². The summed E-state index contributed by atoms with van der Waals surface area (Å²) < 4.78 is 51.1. The molecule has 1 amide bonds. The number of hydrogen-bond acceptors (Lipinski definition) is 6. The molecule has 2 atom stereocenters. The first-order valence-corrected chi connectivity index (χ1v) is 12.0. The first-order valence-electron chi connectivity index (χ1n) is 12.0. The molecule has 2 heterocycles. The largest absolute Gasteiger partial charge is 0.365 e. The Kier molecular flexibility index (Phi) is 6.94. The maximum absolute atomic E-state index is 15.3. The first kappa shape index (κ1) is 26.8. The number of amides is 1. The van der Waals surface area contributed by atoms with Gasteiger partial charge >= 0.3 is 0 Å². The molecular weight excluding hydrogens is 483 g/mol. The van der Waals surface area contributed by atoms with Gasteiger partial charge in [-0.2, -0.15) is 0 Å². The Balaban J connectivity index is 1.70. The van der Waals surface area contributed by atoms with Crippen molar-refractivity contribution in [1.29, 1.82) is 0 Å². The lowest BCUT2D eigenvalue weighted by Crippen LogP contribution is -2.37. The van der Waals surface area contributed by atoms with Crippen molar-refractivity contribution in [3.63, 3.8) is 0 Å². The molecule has 37 heavy (non-hydrogen) atoms. The predicted octanol–water partition coefficient (Wildman–Crippen LogP) is 4.82. The summed E-state index contributed by atoms with van der Waals surface area (Å²) in [7, 11) is 6.56. The van der Waals surface area contributed by atoms with Gasteiger partial charge < -0.3 is 19.9 Å². The van der Waals surface area contributed by atoms with Crippen molar-refractivity contribution in [2.24, 2.45) is 5.92 Å². The Morgan fingerprint density at radius 3 is 2.59 bits per heavy atom. The number of likely N-dealkylation sites (N-methyl/N-ethyl adjacent to an activating group) is 1. The number of nitrogens with one attached hydrogen (secondary N) is 1. The van der Waals surface area contributed by atoms with Gasteiger partial charge in [0.1, 0.15) is 17.5 Å². The maximum atomic E-state index is 15.3. The van der Waals surface area contributed by atoms with Gasteiger partial charge in [-0.05, 0) is 40.1 Å². The summed E-state index contributed by atoms with van der Waals surface area (Å²) in [6, 6.07) is 7.64. The molecule has 0 fully saturated rings. The number of fused-ring (bicyclic) bond motifs is 2. The van der Waals surface area contributed by atoms with Gasteiger partial charge in [-0.15, -0.1) is 0 Å². The van der Waals surface area contributed by atoms with Gasteiger partial charge in [-0.3, -0.25) is 4.79 Å². The molecular formula is C27H32F3N5O2. The number of benzene rings is 2. The average molecular weight is 516 g/mol. The molecule has 198 valence electrons. The average Bonchev–Trinajstić information content (AvgIpc) is 3.02. The molecule has 0 aliphatic carbocycles. The van der Waals surface area contributed by atoms with Gasteiger partial charge in [0.05, 0.1) is 16.8 Å². The minimum Gasteiger partial charge on any atom is -0.365 e. The summed E-state index contributed by atoms with van der Waals surface area (Å²) in [6.07, 6.45) is 0. The molecule has 0 radical (unpaired) electrons. The van der Waals surface area contributed by atoms with Crippen molar-refractivity contribution in [2.75, 3.05) is 45.0 Å². The molecule has 3 aromatic rings. The zero-order chi connectivity index (χ0) is 27.3. The Labute approximate surface area is 214 Å². The van der Waals surface area contributed by atoms with Gasteiger partial charge in [0.2, 0.25) is 0 Å². The van der Waals surface area contributed by atoms with Crippen LogP contribution in [-0.2, 0) is 27.6 Å². The van der Waals surface area contributed by atoms with Gasteiger partial charge in [-0.25, -0.2) is 23.1 Å². The number of alkyl halides is 2. The number of anilines is 2. The minimum absolute atomic E-state index is 0.0645. The number of halogens is 3. The standard InChI is InChI=1S/C27H32F3N5O2/c1-15(14-34(4)5)27(29,30)19-10-8-9-17(23(19)28)13-31-24-18-11-22-20(12-21(18)32-16(2)33-24)26(3,37-7)25(36)35(22)6/h8-12,15H,13-14H2,1-7H3,(H,31,32,33)/t15?,26-/m0/s1. The fourth-order valence-corrected chi connectivity index (χ4v) is 4.90. The second kappa shape index (κ2) is 9.57. The Morgan fingerprint density at radius 2 is 1.95 bits per heavy atom. The van der Waals surface area contributed by atoms with E-state index in [9.17, 15) is 4.79 Å². The summed E-state index contributed by atoms with van der Waals surface area (Å²) in [5.41, 5.74) is 0.259. The number of carbonyl (C=O) groups excluding carboxylic acids is 1. The molecule has 1 aliphatic heterocycles. The summed E-state index contributed by atoms with van der Waals surface area (Å²) in [5, 5.41) is 3.72. The Bertz CT molecular complexity index is 1360. The third-order valence-corrected chi connectivity index (χ3v) is 7.06. The molecule has 0 saturated heterocycles. The van der Waals surface area contributed by atoms with Crippen molar-refractivity contribution >= 4 is 28.3 Å². The molecule has 2 aromatic carbocycles. The second-order valence-electron chi connectivity index (χ2n) is 10.0. The zero-order valence-electron chi connectivity index (χ0n) is 22.1. The summed E-state index contributed by atoms with van der Waals surface area (Å²) >= 11 is 0. The van der Waals surface area contributed by atoms with Crippen LogP contribution in [0.1, 0.15) is 36.4 Å². The number of aryl methyl sites for hydroxylation is 1. The first-order chi connectivity index (χ1) is 17.3. The van der Waals surface area contributed by atoms with Crippen molar-refractivity contribution in [1.82, 2.24) is 14.9 Å². The monoisotopic (exact) mass is 515 g/mol. The van der Waals surface area contributed by atoms with Crippen LogP contribution in [-0.4, -0.2) is 55.6 Å². The van der Waals surface area contributed by atoms with E-state index in [1.807, 2.05) is 0 Å². The van der Waals surface area contributed by atoms with E-state index in [1.165, 1.54) is 31.1 Å². The quantitative estimate of drug-likeness (QED) is 0.464. The van der Waals surface area contributed by atoms with Crippen molar-refractivity contribution < 1.29 is 22.7 Å². The van der Waals surface area contributed by atoms with Gasteiger partial charge in [0.25, 0.3) is 11.8 Å². The molecule has 1 aliphatic rings. The van der Waals surface area contributed by atoms with Crippen LogP contribution in [0.5, 0.6) is 0 Å². The highest BCUT2D eigenvalue weighted by Crippen LogP contribution is 2.44. The van der Waals surface area contributed by atoms with Crippen LogP contribution in [0.4, 0.5) is 24.7 Å². The predicted molar refractivity (Wildman–Crippen MR) is 137 cm³/mol. The van der Waals surface area contributed by atoms with Crippen molar-refractivity contribution in [3.05, 3.63) is 58.7 Å². The van der Waals surface area contributed by atoms with E-state index < -0.39 is 28.8 Å². The normalized spacial score (nSPS) is 18.6. The van der Waals surface area contributed by atoms with E-state index in [-0.39, 0.29) is 24.6 Å². The number of aromatic nitrogens is 2. The van der Waals surface area contributed by atoms with Crippen LogP contribution >= 0.6 is 0 Å². The summed E-state index contributed by atoms with van der Waals surface area (Å²) in [6.45, 7) is 4.89. The third kappa shape index (κ3) is 4.53. The van der Waals surface area contributed by atoms with Crippen LogP contribution in [0.15, 0.2) is 30.3 Å². The lowest BCUT2D eigenvalue weighted by atomic mass is 9.93. The smallest absolute Gasteiger partial charge is 0.279 e. The van der Waals surface area contributed by atoms with Gasteiger partial charge in [0, 0.05) is 49.7 Å². The molecule has 0 saturated carbocycles. The number of hydrogen-bond donors (Lipinski definition) is 1. The highest BCUT2D eigenvalue weighted by atomic mass is 19.3. The summed E-state index contributed by atoms with van der Waals surface area (Å²) in [5.74, 6) is -4.69. The van der Waals surface area contributed by atoms with E-state index in [2.05, 4.69) is 15.3 Å². The van der Waals surface area contributed by atoms with E-state index in [1.54, 1.807) is 52.0 Å². The topological polar surface area (TPSA) is 70.6 Å². The van der Waals surface area contributed by atoms with Gasteiger partial charge in [0.15, 0.2) is 5.60 Å². The fourth-order valence-electron chi connectivity index (χ4n) is 4.90. The maximum Gasteiger partial charge on any atom is 0.279 e. The number of rotatable bonds is 8. The number of methoxy groups -OCH3 is 1. The highest BCUT2D eigenvalue weighted by molar-refractivity contribution is 6.09. The molecule has 7 nitrogen and oxygen atoms in total. The van der Waals surface area contributed by atoms with Crippen LogP contribution in [0.2, 0.25) is 0 Å². The van der Waals surface area contributed by atoms with Crippen molar-refractivity contribution in [3.8, 4) is 0 Å². The second-order valence-corrected chi connectivity index (χ2v) is 10.0. The van der Waals surface area contributed by atoms with Crippen LogP contribution in [0, 0.1) is 18.7 Å². The molecule has 1 N–H and O–H groups in total. The van der Waals surface area contributed by atoms with Crippen LogP contribution < -0.4 is 10.2 Å². The third-order valence-electron chi connectivity index (χ3n) is 7.06. The molecule has 10 heteroatoms. The van der Waals surface area contributed by atoms with Crippen molar-refractivity contribution in [2.45, 2.75) is 38.8 Å².